The van der Waals surface area contributed by atoms with Crippen molar-refractivity contribution < 1.29 is 4.74 Å². The Bertz CT molecular complexity index is 598. The fourth-order valence-electron chi connectivity index (χ4n) is 2.77. The van der Waals surface area contributed by atoms with Gasteiger partial charge in [0.25, 0.3) is 0 Å². The van der Waals surface area contributed by atoms with Crippen molar-refractivity contribution in [1.82, 2.24) is 0 Å². The van der Waals surface area contributed by atoms with Gasteiger partial charge >= 0.3 is 0 Å². The molecule has 1 atom stereocenters. The summed E-state index contributed by atoms with van der Waals surface area (Å²) >= 11 is 0. The molecule has 2 N–H and O–H groups in total. The average molecular weight is 253 g/mol. The Balaban J connectivity index is 1.97. The van der Waals surface area contributed by atoms with E-state index in [1.165, 1.54) is 27.8 Å². The molecule has 0 saturated carbocycles. The van der Waals surface area contributed by atoms with Crippen LogP contribution in [0.25, 0.3) is 0 Å². The van der Waals surface area contributed by atoms with Gasteiger partial charge in [-0.05, 0) is 36.1 Å². The van der Waals surface area contributed by atoms with Crippen LogP contribution in [-0.4, -0.2) is 0 Å². The number of rotatable bonds is 2. The first-order valence-corrected chi connectivity index (χ1v) is 6.67. The molecule has 0 radical (unpaired) electrons. The van der Waals surface area contributed by atoms with Gasteiger partial charge in [-0.25, -0.2) is 0 Å². The number of ether oxygens (including phenoxy) is 1. The molecule has 2 nitrogen and oxygen atoms in total. The van der Waals surface area contributed by atoms with Crippen LogP contribution in [0.3, 0.4) is 0 Å². The molecule has 1 heterocycles. The van der Waals surface area contributed by atoms with E-state index in [2.05, 4.69) is 50.2 Å². The lowest BCUT2D eigenvalue weighted by molar-refractivity contribution is 0.134. The molecule has 2 aromatic carbocycles. The molecule has 0 aromatic heterocycles. The van der Waals surface area contributed by atoms with Crippen LogP contribution in [-0.2, 0) is 18.0 Å². The van der Waals surface area contributed by atoms with Crippen LogP contribution >= 0.6 is 0 Å². The molecule has 0 spiro atoms. The van der Waals surface area contributed by atoms with E-state index in [1.807, 2.05) is 0 Å². The van der Waals surface area contributed by atoms with Gasteiger partial charge in [0.05, 0.1) is 19.3 Å². The number of nitrogens with two attached hydrogens (primary N) is 1. The van der Waals surface area contributed by atoms with Crippen molar-refractivity contribution in [2.45, 2.75) is 33.1 Å². The quantitative estimate of drug-likeness (QED) is 0.890. The van der Waals surface area contributed by atoms with E-state index in [1.54, 1.807) is 0 Å². The maximum Gasteiger partial charge on any atom is 0.0725 e. The second-order valence-corrected chi connectivity index (χ2v) is 5.42. The minimum absolute atomic E-state index is 0.0653. The van der Waals surface area contributed by atoms with Gasteiger partial charge in [-0.1, -0.05) is 47.5 Å². The molecule has 1 unspecified atom stereocenters. The number of aryl methyl sites for hydroxylation is 2. The maximum absolute atomic E-state index is 6.41. The van der Waals surface area contributed by atoms with Crippen molar-refractivity contribution in [1.29, 1.82) is 0 Å². The number of hydrogen-bond donors (Lipinski definition) is 1. The van der Waals surface area contributed by atoms with E-state index >= 15 is 0 Å². The highest BCUT2D eigenvalue weighted by molar-refractivity contribution is 5.40. The van der Waals surface area contributed by atoms with E-state index in [0.29, 0.717) is 6.61 Å². The lowest BCUT2D eigenvalue weighted by Crippen LogP contribution is -2.12. The summed E-state index contributed by atoms with van der Waals surface area (Å²) in [5.41, 5.74) is 13.8. The molecule has 1 aliphatic heterocycles. The van der Waals surface area contributed by atoms with E-state index in [0.717, 1.165) is 12.2 Å². The molecule has 1 aliphatic rings. The normalized spacial score (nSPS) is 15.3. The fourth-order valence-corrected chi connectivity index (χ4v) is 2.77. The van der Waals surface area contributed by atoms with Crippen LogP contribution in [0.15, 0.2) is 36.4 Å². The molecular weight excluding hydrogens is 234 g/mol. The summed E-state index contributed by atoms with van der Waals surface area (Å²) in [5, 5.41) is 0. The SMILES string of the molecule is Cc1cc(C)cc(C(N)c2ccc3c(c2)COC3)c1. The van der Waals surface area contributed by atoms with Crippen LogP contribution in [0.1, 0.15) is 39.4 Å². The summed E-state index contributed by atoms with van der Waals surface area (Å²) in [4.78, 5) is 0. The summed E-state index contributed by atoms with van der Waals surface area (Å²) in [6, 6.07) is 12.9. The van der Waals surface area contributed by atoms with Crippen molar-refractivity contribution in [3.05, 3.63) is 69.8 Å². The van der Waals surface area contributed by atoms with Gasteiger partial charge < -0.3 is 10.5 Å². The van der Waals surface area contributed by atoms with Crippen molar-refractivity contribution in [2.75, 3.05) is 0 Å². The highest BCUT2D eigenvalue weighted by Gasteiger charge is 2.15. The van der Waals surface area contributed by atoms with Gasteiger partial charge in [-0.15, -0.1) is 0 Å². The lowest BCUT2D eigenvalue weighted by Gasteiger charge is -2.15. The third-order valence-corrected chi connectivity index (χ3v) is 3.71. The lowest BCUT2D eigenvalue weighted by atomic mass is 9.94. The first kappa shape index (κ1) is 12.4. The Morgan fingerprint density at radius 1 is 0.895 bits per heavy atom. The predicted octanol–water partition coefficient (Wildman–Crippen LogP) is 3.38. The highest BCUT2D eigenvalue weighted by atomic mass is 16.5. The third-order valence-electron chi connectivity index (χ3n) is 3.71. The third kappa shape index (κ3) is 2.42. The van der Waals surface area contributed by atoms with Gasteiger partial charge in [-0.2, -0.15) is 0 Å². The first-order chi connectivity index (χ1) is 9.13. The highest BCUT2D eigenvalue weighted by Crippen LogP contribution is 2.27. The van der Waals surface area contributed by atoms with E-state index in [-0.39, 0.29) is 6.04 Å². The van der Waals surface area contributed by atoms with Gasteiger partial charge in [-0.3, -0.25) is 0 Å². The summed E-state index contributed by atoms with van der Waals surface area (Å²) in [6.45, 7) is 5.66. The average Bonchev–Trinajstić information content (AvgIpc) is 2.83. The van der Waals surface area contributed by atoms with E-state index in [9.17, 15) is 0 Å². The van der Waals surface area contributed by atoms with Crippen molar-refractivity contribution >= 4 is 0 Å². The van der Waals surface area contributed by atoms with Crippen molar-refractivity contribution in [3.63, 3.8) is 0 Å². The van der Waals surface area contributed by atoms with Crippen LogP contribution in [0.5, 0.6) is 0 Å². The molecule has 98 valence electrons. The van der Waals surface area contributed by atoms with Gasteiger partial charge in [0, 0.05) is 0 Å². The summed E-state index contributed by atoms with van der Waals surface area (Å²) in [6.07, 6.45) is 0. The summed E-state index contributed by atoms with van der Waals surface area (Å²) in [5.74, 6) is 0. The monoisotopic (exact) mass is 253 g/mol. The number of benzene rings is 2. The Morgan fingerprint density at radius 2 is 1.58 bits per heavy atom. The Hall–Kier alpha value is -1.64. The zero-order chi connectivity index (χ0) is 13.4. The summed E-state index contributed by atoms with van der Waals surface area (Å²) < 4.78 is 5.45. The fraction of sp³-hybridized carbons (Fsp3) is 0.294. The smallest absolute Gasteiger partial charge is 0.0725 e. The standard InChI is InChI=1S/C17H19NO/c1-11-5-12(2)7-15(6-11)17(18)13-3-4-14-9-19-10-16(14)8-13/h3-8,17H,9-10,18H2,1-2H3. The van der Waals surface area contributed by atoms with Crippen LogP contribution in [0, 0.1) is 13.8 Å². The van der Waals surface area contributed by atoms with Crippen LogP contribution in [0.2, 0.25) is 0 Å². The zero-order valence-corrected chi connectivity index (χ0v) is 11.4. The minimum Gasteiger partial charge on any atom is -0.372 e. The predicted molar refractivity (Wildman–Crippen MR) is 76.9 cm³/mol. The Kier molecular flexibility index (Phi) is 3.13. The topological polar surface area (TPSA) is 35.2 Å². The van der Waals surface area contributed by atoms with E-state index < -0.39 is 0 Å². The van der Waals surface area contributed by atoms with Crippen molar-refractivity contribution in [3.8, 4) is 0 Å². The van der Waals surface area contributed by atoms with Gasteiger partial charge in [0.15, 0.2) is 0 Å². The second-order valence-electron chi connectivity index (χ2n) is 5.42. The molecular formula is C17H19NO. The molecule has 19 heavy (non-hydrogen) atoms. The Morgan fingerprint density at radius 3 is 2.32 bits per heavy atom. The molecule has 0 bridgehead atoms. The van der Waals surface area contributed by atoms with Crippen LogP contribution in [0.4, 0.5) is 0 Å². The minimum atomic E-state index is -0.0653. The Labute approximate surface area is 114 Å². The zero-order valence-electron chi connectivity index (χ0n) is 11.4. The molecule has 0 aliphatic carbocycles. The largest absolute Gasteiger partial charge is 0.372 e. The van der Waals surface area contributed by atoms with Crippen LogP contribution < -0.4 is 5.73 Å². The first-order valence-electron chi connectivity index (χ1n) is 6.67. The number of fused-ring (bicyclic) bond motifs is 1. The molecule has 3 rings (SSSR count). The molecule has 0 amide bonds. The summed E-state index contributed by atoms with van der Waals surface area (Å²) in [7, 11) is 0. The molecule has 2 heteroatoms. The van der Waals surface area contributed by atoms with Crippen molar-refractivity contribution in [2.24, 2.45) is 5.73 Å². The molecule has 0 fully saturated rings. The molecule has 2 aromatic rings. The molecule has 0 saturated heterocycles. The maximum atomic E-state index is 6.41. The number of hydrogen-bond acceptors (Lipinski definition) is 2. The van der Waals surface area contributed by atoms with E-state index in [4.69, 9.17) is 10.5 Å². The van der Waals surface area contributed by atoms with Gasteiger partial charge in [0.1, 0.15) is 0 Å². The second kappa shape index (κ2) is 4.80. The van der Waals surface area contributed by atoms with Gasteiger partial charge in [0.2, 0.25) is 0 Å².